The van der Waals surface area contributed by atoms with E-state index in [1.165, 1.54) is 6.07 Å². The highest BCUT2D eigenvalue weighted by molar-refractivity contribution is 5.80. The van der Waals surface area contributed by atoms with E-state index in [4.69, 9.17) is 9.73 Å². The first-order chi connectivity index (χ1) is 14.6. The van der Waals surface area contributed by atoms with Crippen molar-refractivity contribution in [3.63, 3.8) is 0 Å². The van der Waals surface area contributed by atoms with Crippen molar-refractivity contribution in [3.05, 3.63) is 53.8 Å². The molecule has 1 unspecified atom stereocenters. The van der Waals surface area contributed by atoms with Crippen molar-refractivity contribution in [1.82, 2.24) is 10.6 Å². The van der Waals surface area contributed by atoms with E-state index in [1.54, 1.807) is 25.3 Å². The molecule has 0 radical (unpaired) electrons. The maximum atomic E-state index is 13.6. The molecule has 1 aliphatic heterocycles. The molecule has 3 N–H and O–H groups in total. The molecule has 0 spiro atoms. The fraction of sp³-hybridized carbons (Fsp3) is 0.435. The van der Waals surface area contributed by atoms with Crippen molar-refractivity contribution in [2.24, 2.45) is 4.99 Å². The number of hydrogen-bond donors (Lipinski definition) is 3. The van der Waals surface area contributed by atoms with E-state index in [9.17, 15) is 9.50 Å². The highest BCUT2D eigenvalue weighted by Crippen LogP contribution is 2.26. The predicted molar refractivity (Wildman–Crippen MR) is 119 cm³/mol. The van der Waals surface area contributed by atoms with Crippen molar-refractivity contribution in [2.45, 2.75) is 32.2 Å². The van der Waals surface area contributed by atoms with Gasteiger partial charge in [0.05, 0.1) is 7.11 Å². The summed E-state index contributed by atoms with van der Waals surface area (Å²) < 4.78 is 18.8. The normalized spacial score (nSPS) is 17.0. The molecule has 1 heterocycles. The lowest BCUT2D eigenvalue weighted by Gasteiger charge is -2.35. The van der Waals surface area contributed by atoms with E-state index >= 15 is 0 Å². The fourth-order valence-electron chi connectivity index (χ4n) is 3.69. The van der Waals surface area contributed by atoms with Crippen LogP contribution in [0.5, 0.6) is 11.5 Å². The van der Waals surface area contributed by atoms with Gasteiger partial charge in [-0.2, -0.15) is 0 Å². The number of guanidine groups is 1. The highest BCUT2D eigenvalue weighted by atomic mass is 19.1. The molecule has 162 valence electrons. The first kappa shape index (κ1) is 21.7. The molecule has 0 saturated carbocycles. The summed E-state index contributed by atoms with van der Waals surface area (Å²) in [6.45, 7) is 5.17. The minimum atomic E-state index is -0.205. The van der Waals surface area contributed by atoms with Gasteiger partial charge in [-0.3, -0.25) is 4.99 Å². The number of nitrogens with one attached hydrogen (secondary N) is 2. The largest absolute Gasteiger partial charge is 0.504 e. The first-order valence-corrected chi connectivity index (χ1v) is 10.5. The van der Waals surface area contributed by atoms with Gasteiger partial charge in [0.2, 0.25) is 0 Å². The second-order valence-electron chi connectivity index (χ2n) is 7.43. The maximum absolute atomic E-state index is 13.6. The summed E-state index contributed by atoms with van der Waals surface area (Å²) in [6, 6.07) is 12.4. The Kier molecular flexibility index (Phi) is 7.76. The van der Waals surface area contributed by atoms with Gasteiger partial charge in [-0.25, -0.2) is 4.39 Å². The summed E-state index contributed by atoms with van der Waals surface area (Å²) in [4.78, 5) is 6.92. The van der Waals surface area contributed by atoms with Gasteiger partial charge < -0.3 is 25.4 Å². The lowest BCUT2D eigenvalue weighted by molar-refractivity contribution is 0.373. The van der Waals surface area contributed by atoms with Crippen molar-refractivity contribution in [1.29, 1.82) is 0 Å². The molecule has 0 aliphatic carbocycles. The van der Waals surface area contributed by atoms with Crippen LogP contribution in [0.1, 0.15) is 25.3 Å². The molecule has 2 aromatic carbocycles. The molecule has 30 heavy (non-hydrogen) atoms. The molecule has 0 aromatic heterocycles. The number of aliphatic imine (C=N–C) groups is 1. The molecular weight excluding hydrogens is 383 g/mol. The molecule has 1 saturated heterocycles. The van der Waals surface area contributed by atoms with E-state index in [0.29, 0.717) is 12.3 Å². The number of rotatable bonds is 7. The van der Waals surface area contributed by atoms with Crippen molar-refractivity contribution in [3.8, 4) is 11.5 Å². The zero-order valence-electron chi connectivity index (χ0n) is 17.7. The molecule has 6 nitrogen and oxygen atoms in total. The smallest absolute Gasteiger partial charge is 0.191 e. The lowest BCUT2D eigenvalue weighted by atomic mass is 10.0. The van der Waals surface area contributed by atoms with Crippen molar-refractivity contribution in [2.75, 3.05) is 38.2 Å². The number of piperidine rings is 1. The van der Waals surface area contributed by atoms with Crippen LogP contribution in [0.3, 0.4) is 0 Å². The Morgan fingerprint density at radius 1 is 1.30 bits per heavy atom. The van der Waals surface area contributed by atoms with E-state index < -0.39 is 0 Å². The monoisotopic (exact) mass is 414 g/mol. The van der Waals surface area contributed by atoms with E-state index in [2.05, 4.69) is 15.5 Å². The fourth-order valence-corrected chi connectivity index (χ4v) is 3.69. The van der Waals surface area contributed by atoms with Gasteiger partial charge in [0.15, 0.2) is 17.5 Å². The third-order valence-electron chi connectivity index (χ3n) is 5.19. The molecule has 1 fully saturated rings. The van der Waals surface area contributed by atoms with Gasteiger partial charge in [0.1, 0.15) is 5.82 Å². The van der Waals surface area contributed by atoms with Gasteiger partial charge in [0.25, 0.3) is 0 Å². The van der Waals surface area contributed by atoms with Crippen LogP contribution in [0.25, 0.3) is 0 Å². The van der Waals surface area contributed by atoms with E-state index in [-0.39, 0.29) is 17.6 Å². The number of methoxy groups -OCH3 is 1. The van der Waals surface area contributed by atoms with Gasteiger partial charge in [0, 0.05) is 37.9 Å². The number of aromatic hydroxyl groups is 1. The zero-order valence-corrected chi connectivity index (χ0v) is 17.7. The minimum absolute atomic E-state index is 0.139. The van der Waals surface area contributed by atoms with Crippen LogP contribution in [0.15, 0.2) is 47.5 Å². The quantitative estimate of drug-likeness (QED) is 0.479. The third-order valence-corrected chi connectivity index (χ3v) is 5.19. The Morgan fingerprint density at radius 3 is 2.93 bits per heavy atom. The summed E-state index contributed by atoms with van der Waals surface area (Å²) in [5, 5.41) is 16.6. The molecule has 0 bridgehead atoms. The molecule has 1 aliphatic rings. The molecule has 3 rings (SSSR count). The molecule has 1 atom stereocenters. The van der Waals surface area contributed by atoms with Crippen LogP contribution in [0.4, 0.5) is 10.1 Å². The number of ether oxygens (including phenoxy) is 1. The van der Waals surface area contributed by atoms with Crippen LogP contribution in [0.2, 0.25) is 0 Å². The summed E-state index contributed by atoms with van der Waals surface area (Å²) in [6.07, 6.45) is 2.83. The van der Waals surface area contributed by atoms with Crippen LogP contribution in [0, 0.1) is 5.82 Å². The van der Waals surface area contributed by atoms with Crippen LogP contribution in [-0.4, -0.2) is 50.4 Å². The minimum Gasteiger partial charge on any atom is -0.504 e. The molecule has 2 aromatic rings. The Morgan fingerprint density at radius 2 is 2.17 bits per heavy atom. The second-order valence-corrected chi connectivity index (χ2v) is 7.43. The third kappa shape index (κ3) is 6.02. The van der Waals surface area contributed by atoms with Crippen molar-refractivity contribution >= 4 is 11.6 Å². The lowest BCUT2D eigenvalue weighted by Crippen LogP contribution is -2.51. The number of benzene rings is 2. The Bertz CT molecular complexity index is 859. The SMILES string of the molecule is CCNC(=NCCc1ccc(O)c(OC)c1)NC1CCCN(c2cccc(F)c2)C1. The maximum Gasteiger partial charge on any atom is 0.191 e. The second kappa shape index (κ2) is 10.7. The Balaban J connectivity index is 1.59. The highest BCUT2D eigenvalue weighted by Gasteiger charge is 2.21. The summed E-state index contributed by atoms with van der Waals surface area (Å²) in [7, 11) is 1.54. The molecule has 7 heteroatoms. The van der Waals surface area contributed by atoms with E-state index in [0.717, 1.165) is 56.1 Å². The van der Waals surface area contributed by atoms with Gasteiger partial charge in [-0.15, -0.1) is 0 Å². The summed E-state index contributed by atoms with van der Waals surface area (Å²) >= 11 is 0. The van der Waals surface area contributed by atoms with Crippen molar-refractivity contribution < 1.29 is 14.2 Å². The number of phenols is 1. The molecular formula is C23H31FN4O2. The Labute approximate surface area is 177 Å². The van der Waals surface area contributed by atoms with Gasteiger partial charge in [-0.05, 0) is 62.1 Å². The summed E-state index contributed by atoms with van der Waals surface area (Å²) in [5.41, 5.74) is 1.98. The van der Waals surface area contributed by atoms with Gasteiger partial charge in [-0.1, -0.05) is 12.1 Å². The van der Waals surface area contributed by atoms with Crippen LogP contribution < -0.4 is 20.3 Å². The van der Waals surface area contributed by atoms with Crippen LogP contribution in [-0.2, 0) is 6.42 Å². The average Bonchev–Trinajstić information content (AvgIpc) is 2.75. The zero-order chi connectivity index (χ0) is 21.3. The first-order valence-electron chi connectivity index (χ1n) is 10.5. The number of anilines is 1. The molecule has 0 amide bonds. The summed E-state index contributed by atoms with van der Waals surface area (Å²) in [5.74, 6) is 1.19. The number of phenolic OH excluding ortho intramolecular Hbond substituents is 1. The number of hydrogen-bond acceptors (Lipinski definition) is 4. The van der Waals surface area contributed by atoms with E-state index in [1.807, 2.05) is 25.1 Å². The Hall–Kier alpha value is -2.96. The standard InChI is InChI=1S/C23H31FN4O2/c1-3-25-23(26-12-11-17-9-10-21(29)22(14-17)30-2)27-19-7-5-13-28(16-19)20-8-4-6-18(24)15-20/h4,6,8-10,14-15,19,29H,3,5,7,11-13,16H2,1-2H3,(H2,25,26,27). The van der Waals surface area contributed by atoms with Gasteiger partial charge >= 0.3 is 0 Å². The predicted octanol–water partition coefficient (Wildman–Crippen LogP) is 3.31. The average molecular weight is 415 g/mol. The topological polar surface area (TPSA) is 69.1 Å². The van der Waals surface area contributed by atoms with Crippen LogP contribution >= 0.6 is 0 Å². The number of halogens is 1. The number of nitrogens with zero attached hydrogens (tertiary/aromatic N) is 2.